The first kappa shape index (κ1) is 19.1. The molecule has 0 unspecified atom stereocenters. The minimum atomic E-state index is 0.215. The highest BCUT2D eigenvalue weighted by Crippen LogP contribution is 2.13. The minimum absolute atomic E-state index is 0.215. The molecule has 2 aromatic rings. The van der Waals surface area contributed by atoms with Gasteiger partial charge in [0.05, 0.1) is 18.9 Å². The van der Waals surface area contributed by atoms with Crippen molar-refractivity contribution in [2.45, 2.75) is 6.92 Å². The van der Waals surface area contributed by atoms with Crippen LogP contribution in [-0.2, 0) is 4.74 Å². The van der Waals surface area contributed by atoms with Crippen LogP contribution in [0.25, 0.3) is 0 Å². The third-order valence-electron chi connectivity index (χ3n) is 4.12. The van der Waals surface area contributed by atoms with E-state index in [-0.39, 0.29) is 5.84 Å². The molecule has 1 aromatic heterocycles. The van der Waals surface area contributed by atoms with Crippen LogP contribution in [0.3, 0.4) is 0 Å². The van der Waals surface area contributed by atoms with Crippen molar-refractivity contribution in [1.29, 1.82) is 5.41 Å². The Hall–Kier alpha value is -2.71. The summed E-state index contributed by atoms with van der Waals surface area (Å²) in [6, 6.07) is 11.4. The maximum atomic E-state index is 8.44. The van der Waals surface area contributed by atoms with Gasteiger partial charge < -0.3 is 25.3 Å². The summed E-state index contributed by atoms with van der Waals surface area (Å²) < 4.78 is 5.44. The van der Waals surface area contributed by atoms with Crippen LogP contribution < -0.4 is 10.6 Å². The van der Waals surface area contributed by atoms with Crippen molar-refractivity contribution in [2.24, 2.45) is 4.99 Å². The third kappa shape index (κ3) is 5.15. The molecule has 3 rings (SSSR count). The molecule has 1 aliphatic heterocycles. The van der Waals surface area contributed by atoms with E-state index in [2.05, 4.69) is 25.5 Å². The molecule has 0 aliphatic carbocycles. The lowest BCUT2D eigenvalue weighted by atomic mass is 10.2. The molecule has 0 atom stereocenters. The Bertz CT molecular complexity index is 794. The molecule has 0 spiro atoms. The van der Waals surface area contributed by atoms with Gasteiger partial charge in [0, 0.05) is 37.1 Å². The quantitative estimate of drug-likeness (QED) is 0.369. The van der Waals surface area contributed by atoms with E-state index in [9.17, 15) is 0 Å². The summed E-state index contributed by atoms with van der Waals surface area (Å²) in [6.45, 7) is 5.61. The average Bonchev–Trinajstić information content (AvgIpc) is 3.22. The van der Waals surface area contributed by atoms with E-state index in [0.717, 1.165) is 42.4 Å². The number of anilines is 1. The van der Waals surface area contributed by atoms with Gasteiger partial charge in [-0.1, -0.05) is 0 Å². The summed E-state index contributed by atoms with van der Waals surface area (Å²) in [4.78, 5) is 9.95. The Labute approximate surface area is 164 Å². The summed E-state index contributed by atoms with van der Waals surface area (Å²) >= 11 is 5.19. The molecule has 2 heterocycles. The number of amidine groups is 2. The summed E-state index contributed by atoms with van der Waals surface area (Å²) in [7, 11) is 0. The number of hydrogen-bond acceptors (Lipinski definition) is 3. The third-order valence-corrected chi connectivity index (χ3v) is 4.37. The number of rotatable bonds is 4. The zero-order valence-electron chi connectivity index (χ0n) is 15.3. The van der Waals surface area contributed by atoms with Gasteiger partial charge >= 0.3 is 0 Å². The molecular weight excluding hydrogens is 360 g/mol. The van der Waals surface area contributed by atoms with Crippen LogP contribution in [0, 0.1) is 5.41 Å². The van der Waals surface area contributed by atoms with Crippen molar-refractivity contribution in [2.75, 3.05) is 38.2 Å². The Kier molecular flexibility index (Phi) is 6.56. The van der Waals surface area contributed by atoms with E-state index < -0.39 is 0 Å². The Morgan fingerprint density at radius 1 is 1.26 bits per heavy atom. The SMILES string of the molecule is CCNC(=S)Nc1ccc(C(=N)/N=C(\c2ccc[nH]2)N2CCOCC2)cc1. The molecule has 142 valence electrons. The van der Waals surface area contributed by atoms with Crippen LogP contribution >= 0.6 is 12.2 Å². The van der Waals surface area contributed by atoms with E-state index in [1.165, 1.54) is 0 Å². The first-order valence-electron chi connectivity index (χ1n) is 8.96. The highest BCUT2D eigenvalue weighted by molar-refractivity contribution is 7.80. The van der Waals surface area contributed by atoms with Crippen molar-refractivity contribution in [3.8, 4) is 0 Å². The average molecular weight is 385 g/mol. The molecular formula is C19H24N6OS. The van der Waals surface area contributed by atoms with E-state index in [0.29, 0.717) is 18.3 Å². The Balaban J connectivity index is 1.77. The van der Waals surface area contributed by atoms with Crippen LogP contribution in [0.15, 0.2) is 47.6 Å². The van der Waals surface area contributed by atoms with Gasteiger partial charge in [0.1, 0.15) is 0 Å². The summed E-state index contributed by atoms with van der Waals surface area (Å²) in [6.07, 6.45) is 1.86. The molecule has 1 aliphatic rings. The van der Waals surface area contributed by atoms with Crippen LogP contribution in [0.5, 0.6) is 0 Å². The highest BCUT2D eigenvalue weighted by atomic mass is 32.1. The minimum Gasteiger partial charge on any atom is -0.378 e. The second-order valence-electron chi connectivity index (χ2n) is 6.03. The van der Waals surface area contributed by atoms with Gasteiger partial charge in [0.25, 0.3) is 0 Å². The largest absolute Gasteiger partial charge is 0.378 e. The van der Waals surface area contributed by atoms with Crippen molar-refractivity contribution < 1.29 is 4.74 Å². The molecule has 0 bridgehead atoms. The number of H-pyrrole nitrogens is 1. The second-order valence-corrected chi connectivity index (χ2v) is 6.44. The predicted molar refractivity (Wildman–Crippen MR) is 113 cm³/mol. The molecule has 1 saturated heterocycles. The number of thiocarbonyl (C=S) groups is 1. The number of nitrogens with one attached hydrogen (secondary N) is 4. The molecule has 8 heteroatoms. The Morgan fingerprint density at radius 2 is 2.00 bits per heavy atom. The second kappa shape index (κ2) is 9.29. The topological polar surface area (TPSA) is 88.5 Å². The molecule has 0 radical (unpaired) electrons. The van der Waals surface area contributed by atoms with Gasteiger partial charge in [-0.2, -0.15) is 0 Å². The zero-order chi connectivity index (χ0) is 19.1. The van der Waals surface area contributed by atoms with Crippen molar-refractivity contribution in [1.82, 2.24) is 15.2 Å². The lowest BCUT2D eigenvalue weighted by molar-refractivity contribution is 0.0682. The monoisotopic (exact) mass is 384 g/mol. The number of benzene rings is 1. The van der Waals surface area contributed by atoms with Crippen LogP contribution in [0.4, 0.5) is 5.69 Å². The number of aromatic nitrogens is 1. The van der Waals surface area contributed by atoms with Crippen LogP contribution in [-0.4, -0.2) is 59.5 Å². The first-order valence-corrected chi connectivity index (χ1v) is 9.37. The molecule has 4 N–H and O–H groups in total. The smallest absolute Gasteiger partial charge is 0.170 e. The standard InChI is InChI=1S/C19H24N6OS/c1-2-21-19(27)23-15-7-5-14(6-8-15)17(20)24-18(16-4-3-9-22-16)25-10-12-26-13-11-25/h3-9,20,22H,2,10-13H2,1H3,(H2,21,23,27)/b20-17?,24-18+. The molecule has 7 nitrogen and oxygen atoms in total. The molecule has 27 heavy (non-hydrogen) atoms. The van der Waals surface area contributed by atoms with Gasteiger partial charge in [-0.15, -0.1) is 0 Å². The lowest BCUT2D eigenvalue weighted by Gasteiger charge is -2.29. The molecule has 0 saturated carbocycles. The summed E-state index contributed by atoms with van der Waals surface area (Å²) in [5.41, 5.74) is 2.52. The van der Waals surface area contributed by atoms with E-state index in [1.807, 2.05) is 49.5 Å². The van der Waals surface area contributed by atoms with Crippen molar-refractivity contribution >= 4 is 34.7 Å². The number of aromatic amines is 1. The zero-order valence-corrected chi connectivity index (χ0v) is 16.1. The molecule has 1 fully saturated rings. The summed E-state index contributed by atoms with van der Waals surface area (Å²) in [5.74, 6) is 0.982. The first-order chi connectivity index (χ1) is 13.2. The number of aliphatic imine (C=N–C) groups is 1. The summed E-state index contributed by atoms with van der Waals surface area (Å²) in [5, 5.41) is 15.2. The van der Waals surface area contributed by atoms with Gasteiger partial charge in [-0.3, -0.25) is 5.41 Å². The highest BCUT2D eigenvalue weighted by Gasteiger charge is 2.18. The maximum absolute atomic E-state index is 8.44. The lowest BCUT2D eigenvalue weighted by Crippen LogP contribution is -2.41. The number of ether oxygens (including phenoxy) is 1. The van der Waals surface area contributed by atoms with Gasteiger partial charge in [-0.25, -0.2) is 4.99 Å². The van der Waals surface area contributed by atoms with Gasteiger partial charge in [0.2, 0.25) is 0 Å². The van der Waals surface area contributed by atoms with Crippen molar-refractivity contribution in [3.63, 3.8) is 0 Å². The molecule has 0 amide bonds. The van der Waals surface area contributed by atoms with Gasteiger partial charge in [0.15, 0.2) is 16.8 Å². The van der Waals surface area contributed by atoms with Crippen LogP contribution in [0.2, 0.25) is 0 Å². The predicted octanol–water partition coefficient (Wildman–Crippen LogP) is 2.43. The fourth-order valence-electron chi connectivity index (χ4n) is 2.76. The van der Waals surface area contributed by atoms with Crippen LogP contribution in [0.1, 0.15) is 18.2 Å². The van der Waals surface area contributed by atoms with Gasteiger partial charge in [-0.05, 0) is 55.5 Å². The molecule has 1 aromatic carbocycles. The number of hydrogen-bond donors (Lipinski definition) is 4. The fourth-order valence-corrected chi connectivity index (χ4v) is 3.03. The van der Waals surface area contributed by atoms with E-state index in [1.54, 1.807) is 0 Å². The number of morpholine rings is 1. The fraction of sp³-hybridized carbons (Fsp3) is 0.316. The van der Waals surface area contributed by atoms with E-state index >= 15 is 0 Å². The van der Waals surface area contributed by atoms with E-state index in [4.69, 9.17) is 22.4 Å². The normalized spacial score (nSPS) is 14.7. The Morgan fingerprint density at radius 3 is 2.63 bits per heavy atom. The van der Waals surface area contributed by atoms with Crippen molar-refractivity contribution in [3.05, 3.63) is 53.9 Å². The maximum Gasteiger partial charge on any atom is 0.170 e. The number of nitrogens with zero attached hydrogens (tertiary/aromatic N) is 2.